The number of carbonyl (C=O) groups is 3. The molecule has 1 aliphatic rings. The molecule has 0 radical (unpaired) electrons. The van der Waals surface area contributed by atoms with E-state index in [0.29, 0.717) is 12.8 Å². The van der Waals surface area contributed by atoms with Gasteiger partial charge in [0.2, 0.25) is 0 Å². The maximum absolute atomic E-state index is 12.8. The number of carbonyl (C=O) groups excluding carboxylic acids is 3. The molecule has 1 heterocycles. The van der Waals surface area contributed by atoms with Crippen LogP contribution < -0.4 is 0 Å². The van der Waals surface area contributed by atoms with Gasteiger partial charge in [-0.1, -0.05) is 48.0 Å². The topological polar surface area (TPSA) is 101 Å². The predicted octanol–water partition coefficient (Wildman–Crippen LogP) is 2.78. The van der Waals surface area contributed by atoms with Crippen molar-refractivity contribution in [3.63, 3.8) is 0 Å². The van der Waals surface area contributed by atoms with Crippen LogP contribution in [0.1, 0.15) is 67.7 Å². The number of cyclic esters (lactones) is 1. The molecule has 1 unspecified atom stereocenters. The van der Waals surface area contributed by atoms with Crippen LogP contribution >= 0.6 is 0 Å². The smallest absolute Gasteiger partial charge is 0.316 e. The van der Waals surface area contributed by atoms with Crippen molar-refractivity contribution < 1.29 is 29.3 Å². The van der Waals surface area contributed by atoms with Crippen molar-refractivity contribution in [2.24, 2.45) is 35.5 Å². The van der Waals surface area contributed by atoms with Crippen LogP contribution in [-0.2, 0) is 19.1 Å². The molecule has 6 heteroatoms. The second kappa shape index (κ2) is 10.5. The van der Waals surface area contributed by atoms with Gasteiger partial charge in [-0.3, -0.25) is 14.4 Å². The van der Waals surface area contributed by atoms with Crippen molar-refractivity contribution in [2.45, 2.75) is 86.0 Å². The molecule has 6 nitrogen and oxygen atoms in total. The van der Waals surface area contributed by atoms with Crippen LogP contribution in [0.25, 0.3) is 0 Å². The Labute approximate surface area is 169 Å². The number of Topliss-reactive ketones (excluding diaryl/α,β-unsaturated/α-hetero) is 2. The molecule has 1 fully saturated rings. The number of rotatable bonds is 2. The molecule has 0 aromatic rings. The highest BCUT2D eigenvalue weighted by Gasteiger charge is 2.39. The van der Waals surface area contributed by atoms with Crippen molar-refractivity contribution in [3.8, 4) is 0 Å². The molecule has 9 atom stereocenters. The highest BCUT2D eigenvalue weighted by molar-refractivity contribution is 5.99. The number of aliphatic hydroxyl groups excluding tert-OH is 2. The van der Waals surface area contributed by atoms with E-state index in [-0.39, 0.29) is 23.4 Å². The van der Waals surface area contributed by atoms with E-state index in [1.54, 1.807) is 34.6 Å². The third-order valence-electron chi connectivity index (χ3n) is 6.46. The maximum atomic E-state index is 12.8. The van der Waals surface area contributed by atoms with Gasteiger partial charge in [-0.25, -0.2) is 0 Å². The van der Waals surface area contributed by atoms with Gasteiger partial charge in [0, 0.05) is 23.7 Å². The van der Waals surface area contributed by atoms with E-state index >= 15 is 0 Å². The summed E-state index contributed by atoms with van der Waals surface area (Å²) in [6, 6.07) is 0. The highest BCUT2D eigenvalue weighted by Crippen LogP contribution is 2.30. The van der Waals surface area contributed by atoms with E-state index in [4.69, 9.17) is 4.74 Å². The molecule has 0 bridgehead atoms. The molecule has 0 spiro atoms. The highest BCUT2D eigenvalue weighted by atomic mass is 16.5. The van der Waals surface area contributed by atoms with Gasteiger partial charge in [-0.05, 0) is 25.7 Å². The Kier molecular flexibility index (Phi) is 9.28. The summed E-state index contributed by atoms with van der Waals surface area (Å²) in [5, 5.41) is 21.4. The monoisotopic (exact) mass is 398 g/mol. The normalized spacial score (nSPS) is 42.0. The second-order valence-corrected chi connectivity index (χ2v) is 8.82. The van der Waals surface area contributed by atoms with Crippen LogP contribution in [0, 0.1) is 35.5 Å². The van der Waals surface area contributed by atoms with Crippen LogP contribution in [0.2, 0.25) is 0 Å². The number of ketones is 2. The fourth-order valence-corrected chi connectivity index (χ4v) is 4.24. The van der Waals surface area contributed by atoms with Gasteiger partial charge >= 0.3 is 5.97 Å². The third-order valence-corrected chi connectivity index (χ3v) is 6.46. The van der Waals surface area contributed by atoms with Gasteiger partial charge in [-0.2, -0.15) is 0 Å². The largest absolute Gasteiger partial charge is 0.461 e. The molecule has 0 aliphatic carbocycles. The molecule has 1 aliphatic heterocycles. The first-order chi connectivity index (χ1) is 12.9. The summed E-state index contributed by atoms with van der Waals surface area (Å²) in [6.07, 6.45) is -0.783. The molecular formula is C22H38O6. The number of hydrogen-bond donors (Lipinski definition) is 2. The zero-order valence-corrected chi connectivity index (χ0v) is 18.3. The fourth-order valence-electron chi connectivity index (χ4n) is 4.24. The van der Waals surface area contributed by atoms with Crippen molar-refractivity contribution in [1.82, 2.24) is 0 Å². The lowest BCUT2D eigenvalue weighted by Crippen LogP contribution is -2.44. The summed E-state index contributed by atoms with van der Waals surface area (Å²) in [6.45, 7) is 12.1. The summed E-state index contributed by atoms with van der Waals surface area (Å²) in [5.74, 6) is -4.48. The summed E-state index contributed by atoms with van der Waals surface area (Å²) >= 11 is 0. The third kappa shape index (κ3) is 5.63. The van der Waals surface area contributed by atoms with Crippen LogP contribution in [-0.4, -0.2) is 46.1 Å². The molecule has 1 saturated heterocycles. The van der Waals surface area contributed by atoms with Gasteiger partial charge in [0.25, 0.3) is 0 Å². The van der Waals surface area contributed by atoms with Crippen molar-refractivity contribution in [2.75, 3.05) is 0 Å². The summed E-state index contributed by atoms with van der Waals surface area (Å²) in [5.41, 5.74) is 0. The van der Waals surface area contributed by atoms with E-state index in [1.165, 1.54) is 6.92 Å². The van der Waals surface area contributed by atoms with Crippen molar-refractivity contribution >= 4 is 17.5 Å². The van der Waals surface area contributed by atoms with Gasteiger partial charge < -0.3 is 14.9 Å². The molecule has 0 aromatic carbocycles. The van der Waals surface area contributed by atoms with E-state index in [1.807, 2.05) is 6.92 Å². The van der Waals surface area contributed by atoms with Gasteiger partial charge in [-0.15, -0.1) is 0 Å². The van der Waals surface area contributed by atoms with Crippen LogP contribution in [0.4, 0.5) is 0 Å². The fraction of sp³-hybridized carbons (Fsp3) is 0.864. The average Bonchev–Trinajstić information content (AvgIpc) is 2.67. The minimum absolute atomic E-state index is 0.0793. The molecule has 0 amide bonds. The Morgan fingerprint density at radius 1 is 0.893 bits per heavy atom. The number of ether oxygens (including phenoxy) is 1. The van der Waals surface area contributed by atoms with E-state index in [0.717, 1.165) is 6.42 Å². The minimum atomic E-state index is -0.986. The summed E-state index contributed by atoms with van der Waals surface area (Å²) in [4.78, 5) is 38.1. The molecule has 0 aromatic heterocycles. The number of hydrogen-bond acceptors (Lipinski definition) is 6. The first-order valence-corrected chi connectivity index (χ1v) is 10.6. The van der Waals surface area contributed by atoms with Crippen molar-refractivity contribution in [3.05, 3.63) is 0 Å². The SMILES string of the molecule is CCC[C@H]1OC(=O)[C@H](C)C(=O)[C@H](C)[C@@H](O)C(C)C[C@@H](C)C(=O)[C@H](C)[C@@H](O)[C@H]1C. The van der Waals surface area contributed by atoms with Crippen molar-refractivity contribution in [1.29, 1.82) is 0 Å². The predicted molar refractivity (Wildman–Crippen MR) is 106 cm³/mol. The van der Waals surface area contributed by atoms with Gasteiger partial charge in [0.05, 0.1) is 12.2 Å². The standard InChI is InChI=1S/C22H38O6/c1-8-9-17-13(4)20(25)14(5)18(23)11(2)10-12(3)19(24)15(6)21(26)16(7)22(27)28-17/h11-17,19-20,24-25H,8-10H2,1-7H3/t11-,12?,13+,14+,15-,16-,17-,19+,20+/m1/s1. The Hall–Kier alpha value is -1.27. The summed E-state index contributed by atoms with van der Waals surface area (Å²) in [7, 11) is 0. The van der Waals surface area contributed by atoms with Crippen LogP contribution in [0.3, 0.4) is 0 Å². The van der Waals surface area contributed by atoms with Crippen LogP contribution in [0.15, 0.2) is 0 Å². The Bertz CT molecular complexity index is 559. The lowest BCUT2D eigenvalue weighted by Gasteiger charge is -2.34. The zero-order valence-electron chi connectivity index (χ0n) is 18.3. The lowest BCUT2D eigenvalue weighted by atomic mass is 9.77. The maximum Gasteiger partial charge on any atom is 0.316 e. The summed E-state index contributed by atoms with van der Waals surface area (Å²) < 4.78 is 5.61. The average molecular weight is 399 g/mol. The van der Waals surface area contributed by atoms with Gasteiger partial charge in [0.1, 0.15) is 17.8 Å². The number of esters is 1. The van der Waals surface area contributed by atoms with E-state index < -0.39 is 48.0 Å². The zero-order chi connectivity index (χ0) is 21.8. The lowest BCUT2D eigenvalue weighted by molar-refractivity contribution is -0.163. The Balaban J connectivity index is 3.27. The first kappa shape index (κ1) is 24.8. The van der Waals surface area contributed by atoms with Gasteiger partial charge in [0.15, 0.2) is 5.78 Å². The first-order valence-electron chi connectivity index (χ1n) is 10.6. The van der Waals surface area contributed by atoms with E-state index in [9.17, 15) is 24.6 Å². The molecule has 28 heavy (non-hydrogen) atoms. The Morgan fingerprint density at radius 3 is 1.96 bits per heavy atom. The minimum Gasteiger partial charge on any atom is -0.461 e. The molecule has 1 rings (SSSR count). The Morgan fingerprint density at radius 2 is 1.43 bits per heavy atom. The second-order valence-electron chi connectivity index (χ2n) is 8.82. The molecular weight excluding hydrogens is 360 g/mol. The quantitative estimate of drug-likeness (QED) is 0.548. The van der Waals surface area contributed by atoms with Crippen LogP contribution in [0.5, 0.6) is 0 Å². The number of aliphatic hydroxyl groups is 2. The van der Waals surface area contributed by atoms with E-state index in [2.05, 4.69) is 0 Å². The molecule has 2 N–H and O–H groups in total. The molecule has 162 valence electrons. The molecule has 0 saturated carbocycles.